The molecule has 66 nitrogen and oxygen atoms in total. The lowest BCUT2D eigenvalue weighted by atomic mass is 9.94. The van der Waals surface area contributed by atoms with Crippen molar-refractivity contribution in [1.82, 2.24) is 0 Å². The van der Waals surface area contributed by atoms with Gasteiger partial charge in [-0.25, -0.2) is 38.4 Å². The molecule has 0 radical (unpaired) electrons. The molecule has 0 aromatic heterocycles. The molecule has 36 N–H and O–H groups in total. The largest absolute Gasteiger partial charge is 0.479 e. The Morgan fingerprint density at radius 2 is 0.406 bits per heavy atom. The summed E-state index contributed by atoms with van der Waals surface area (Å²) in [6.07, 6.45) is -157. The van der Waals surface area contributed by atoms with Crippen molar-refractivity contribution in [3.05, 3.63) is 0 Å². The molecule has 11 heterocycles. The average molecular weight is 2030 g/mol. The van der Waals surface area contributed by atoms with Crippen LogP contribution in [0.15, 0.2) is 0 Å². The molecule has 0 aromatic carbocycles. The Morgan fingerprint density at radius 1 is 0.203 bits per heavy atom. The van der Waals surface area contributed by atoms with Crippen molar-refractivity contribution in [1.29, 1.82) is 0 Å². The summed E-state index contributed by atoms with van der Waals surface area (Å²) in [7, 11) is 0. The fourth-order valence-corrected chi connectivity index (χ4v) is 16.6. The van der Waals surface area contributed by atoms with Crippen molar-refractivity contribution in [2.45, 2.75) is 383 Å². The van der Waals surface area contributed by atoms with Crippen molar-refractivity contribution < 1.29 is 326 Å². The molecule has 0 aromatic rings. The van der Waals surface area contributed by atoms with Gasteiger partial charge in [0.15, 0.2) is 118 Å². The Kier molecular flexibility index (Phi) is 37.4. The number of hydrogen-bond donors (Lipinski definition) is 36. The lowest BCUT2D eigenvalue weighted by Crippen LogP contribution is -2.70. The van der Waals surface area contributed by atoms with Crippen LogP contribution in [-0.2, 0) is 143 Å². The van der Waals surface area contributed by atoms with Crippen LogP contribution in [0.1, 0.15) is 20.8 Å². The van der Waals surface area contributed by atoms with Crippen LogP contribution in [-0.4, -0.2) is 607 Å². The quantitative estimate of drug-likeness (QED) is 0.0280. The van der Waals surface area contributed by atoms with Crippen LogP contribution in [0.25, 0.3) is 0 Å². The molecule has 0 unspecified atom stereocenters. The van der Waals surface area contributed by atoms with E-state index in [0.717, 1.165) is 20.8 Å². The summed E-state index contributed by atoms with van der Waals surface area (Å²) >= 11 is 0. The predicted molar refractivity (Wildman–Crippen MR) is 397 cm³/mol. The van der Waals surface area contributed by atoms with Gasteiger partial charge >= 0.3 is 47.8 Å². The summed E-state index contributed by atoms with van der Waals surface area (Å²) in [5.74, 6) is -17.7. The molecule has 0 aliphatic carbocycles. The molecular formula is C72H108O66. The van der Waals surface area contributed by atoms with E-state index >= 15 is 0 Å². The maximum absolute atomic E-state index is 14.1. The molecule has 0 spiro atoms. The minimum atomic E-state index is -3.11. The van der Waals surface area contributed by atoms with Gasteiger partial charge in [-0.1, -0.05) is 0 Å². The van der Waals surface area contributed by atoms with Crippen molar-refractivity contribution in [2.24, 2.45) is 0 Å². The van der Waals surface area contributed by atoms with Crippen molar-refractivity contribution in [2.75, 3.05) is 13.2 Å². The smallest absolute Gasteiger partial charge is 0.335 e. The van der Waals surface area contributed by atoms with Gasteiger partial charge in [0, 0.05) is 0 Å². The summed E-state index contributed by atoms with van der Waals surface area (Å²) in [6.45, 7) is 0.0752. The minimum absolute atomic E-state index is 0.908. The van der Waals surface area contributed by atoms with Crippen molar-refractivity contribution >= 4 is 47.8 Å². The van der Waals surface area contributed by atoms with Gasteiger partial charge in [-0.3, -0.25) is 0 Å². The normalized spacial score (nSPS) is 49.6. The molecule has 0 bridgehead atoms. The highest BCUT2D eigenvalue weighted by molar-refractivity contribution is 5.76. The number of carboxylic acid groups (broad SMARTS) is 8. The first-order chi connectivity index (χ1) is 64.5. The fourth-order valence-electron chi connectivity index (χ4n) is 16.6. The van der Waals surface area contributed by atoms with Crippen LogP contribution in [0.5, 0.6) is 0 Å². The maximum atomic E-state index is 14.1. The Balaban J connectivity index is 0.947. The second-order valence-electron chi connectivity index (χ2n) is 33.6. The van der Waals surface area contributed by atoms with Gasteiger partial charge in [-0.15, -0.1) is 0 Å². The van der Waals surface area contributed by atoms with E-state index in [4.69, 9.17) is 104 Å². The van der Waals surface area contributed by atoms with E-state index in [2.05, 4.69) is 0 Å². The molecule has 59 atom stereocenters. The molecule has 792 valence electrons. The van der Waals surface area contributed by atoms with Crippen LogP contribution in [0.2, 0.25) is 0 Å². The van der Waals surface area contributed by atoms with Gasteiger partial charge in [-0.05, 0) is 20.8 Å². The van der Waals surface area contributed by atoms with Crippen LogP contribution in [0.3, 0.4) is 0 Å². The lowest BCUT2D eigenvalue weighted by Gasteiger charge is -2.51. The fraction of sp³-hybridized carbons (Fsp3) is 0.889. The van der Waals surface area contributed by atoms with Gasteiger partial charge in [0.05, 0.1) is 31.5 Å². The van der Waals surface area contributed by atoms with Crippen LogP contribution < -0.4 is 0 Å². The molecule has 0 amide bonds. The molecule has 11 aliphatic rings. The van der Waals surface area contributed by atoms with Gasteiger partial charge < -0.3 is 288 Å². The Hall–Kier alpha value is -6.24. The zero-order valence-electron chi connectivity index (χ0n) is 70.8. The summed E-state index contributed by atoms with van der Waals surface area (Å²) in [5, 5.41) is 397. The molecule has 11 rings (SSSR count). The second kappa shape index (κ2) is 46.0. The van der Waals surface area contributed by atoms with E-state index in [1.54, 1.807) is 0 Å². The number of carboxylic acids is 8. The Labute approximate surface area is 768 Å². The van der Waals surface area contributed by atoms with Gasteiger partial charge in [0.1, 0.15) is 226 Å². The van der Waals surface area contributed by atoms with Gasteiger partial charge in [0.25, 0.3) is 0 Å². The number of rotatable bonds is 35. The number of hydrogen-bond acceptors (Lipinski definition) is 58. The Morgan fingerprint density at radius 3 is 0.652 bits per heavy atom. The summed E-state index contributed by atoms with van der Waals surface area (Å²) in [5.41, 5.74) is 0. The molecule has 0 saturated carbocycles. The van der Waals surface area contributed by atoms with E-state index < -0.39 is 423 Å². The van der Waals surface area contributed by atoms with Gasteiger partial charge in [-0.2, -0.15) is 0 Å². The first-order valence-electron chi connectivity index (χ1n) is 41.7. The van der Waals surface area contributed by atoms with E-state index in [0.29, 0.717) is 0 Å². The molecule has 66 heteroatoms. The highest BCUT2D eigenvalue weighted by Crippen LogP contribution is 2.44. The second-order valence-corrected chi connectivity index (χ2v) is 33.6. The summed E-state index contributed by atoms with van der Waals surface area (Å²) in [6, 6.07) is 0. The molecule has 11 saturated heterocycles. The highest BCUT2D eigenvalue weighted by Gasteiger charge is 2.66. The average Bonchev–Trinajstić information content (AvgIpc) is 0.741. The third-order valence-corrected chi connectivity index (χ3v) is 24.4. The van der Waals surface area contributed by atoms with E-state index in [9.17, 15) is 222 Å². The summed E-state index contributed by atoms with van der Waals surface area (Å²) in [4.78, 5) is 104. The number of ether oxygens (including phenoxy) is 22. The third-order valence-electron chi connectivity index (χ3n) is 24.4. The van der Waals surface area contributed by atoms with Crippen molar-refractivity contribution in [3.8, 4) is 0 Å². The SMILES string of the molecule is C[C@@H]1O[C@@H](O[C@@H]2[C@H](O[C@@H]3O[C@H](C(=O)O)[C@@H](O)[C@H](O)[C@H]3O)[C@@H](O)[C@@H](O[C@H]3[C@H](O[C@@H]4[C@H](O[C@@H]5O[C@H](C(=O)O)[C@@H](O)[C@H](O)[C@H]5O)[C@@H](O)[C@@H](O[C@H]5[C@H](O[C@@H]6[C@H](O[C@@H]7O[C@H](C(=O)O)[C@@H](O)[C@H](O)[C@H]7O)[C@@H](O)[C@@H](O[C@@H](CO)[C@H](O)[C@@H](O)[C@@H](O)CO)O[C@@H]6C(=O)O)O[C@@H](C)[C@H](O)[C@H]5O)O[C@@H]4C(=O)O)O[C@@H](C)[C@H](O)[C@H]3O)O[C@@H]2C(=O)O)[C@H](O[C@H]2O[C@H](C(=O)O)[C@H](O)[C@H](O[C@@H]3O[C@H](C(=O)O)[C@@H](O)[C@H](O)[C@H]3O)[C@H]2O)[C@H](O)[C@H]1O. The molecule has 11 fully saturated rings. The van der Waals surface area contributed by atoms with Crippen molar-refractivity contribution in [3.63, 3.8) is 0 Å². The molecular weight excluding hydrogens is 1920 g/mol. The standard InChI is InChI=1S/C72H108O66/c1-6-11(76)20(85)45(130-67-32(97)36(31(96)44(129-67)58(109)110)121-62-27(92)16(81)23(88)40(125-62)54(101)102)70(117-6)134-49-38(123-64-29(94)18(83)25(90)42(127-64)56(105)106)34(99)69(137-52(49)60(113)114)132-47-22(87)13(78)8(3)119-72(47)135-50-39(124-65-30(95)19(84)26(91)43(128-65)57(107)108)35(100)68(138-53(50)61(115)116)131-46-21(86)12(77)7(2)118-71(46)133-48-37(122-63-28(93)17(82)24(89)41(126-63)55(103)104)33(98)66(136-51(48)59(111)112)120-10(5-74)15(80)14(79)9(75)4-73/h6-53,62-100H,4-5H2,1-3H3,(H,101,102)(H,103,104)(H,105,106)(H,107,108)(H,109,110)(H,111,112)(H,113,114)(H,115,116)/t6-,7-,8-,9-,10-,11-,12-,13-,14-,15-,16-,17-,18-,19-,20+,21+,22+,23-,24-,25-,26-,27+,28+,29+,30+,31+,32+,33+,34+,35+,36-,37+,38+,39+,40-,41-,42-,43-,44-,45+,46+,47+,48+,49+,50+,51-,52-,53-,62+,63+,64+,65+,66-,67+,68-,69-,70-,71-,72-/m0/s1. The highest BCUT2D eigenvalue weighted by atomic mass is 16.8. The Bertz CT molecular complexity index is 4070. The van der Waals surface area contributed by atoms with Crippen LogP contribution >= 0.6 is 0 Å². The minimum Gasteiger partial charge on any atom is -0.479 e. The monoisotopic (exact) mass is 2030 g/mol. The van der Waals surface area contributed by atoms with E-state index in [1.165, 1.54) is 0 Å². The zero-order valence-corrected chi connectivity index (χ0v) is 70.8. The van der Waals surface area contributed by atoms with E-state index in [-0.39, 0.29) is 0 Å². The van der Waals surface area contributed by atoms with Gasteiger partial charge in [0.2, 0.25) is 0 Å². The number of aliphatic carboxylic acids is 8. The van der Waals surface area contributed by atoms with E-state index in [1.807, 2.05) is 0 Å². The summed E-state index contributed by atoms with van der Waals surface area (Å²) < 4.78 is 125. The van der Waals surface area contributed by atoms with Crippen LogP contribution in [0, 0.1) is 0 Å². The third kappa shape index (κ3) is 23.0. The molecule has 138 heavy (non-hydrogen) atoms. The number of aliphatic hydroxyl groups excluding tert-OH is 28. The predicted octanol–water partition coefficient (Wildman–Crippen LogP) is -23.7. The maximum Gasteiger partial charge on any atom is 0.335 e. The lowest BCUT2D eigenvalue weighted by molar-refractivity contribution is -0.417. The first kappa shape index (κ1) is 112. The molecule has 11 aliphatic heterocycles. The number of carbonyl (C=O) groups is 8. The zero-order chi connectivity index (χ0) is 103. The first-order valence-corrected chi connectivity index (χ1v) is 41.7. The number of aliphatic hydroxyl groups is 28. The topological polar surface area (TPSA) is 1070 Å². The van der Waals surface area contributed by atoms with Crippen LogP contribution in [0.4, 0.5) is 0 Å².